The molecule has 1 aromatic heterocycles. The number of thiophene rings is 1. The van der Waals surface area contributed by atoms with Crippen molar-refractivity contribution < 1.29 is 8.42 Å². The summed E-state index contributed by atoms with van der Waals surface area (Å²) in [6.07, 6.45) is 3.39. The second-order valence-corrected chi connectivity index (χ2v) is 13.5. The van der Waals surface area contributed by atoms with Crippen molar-refractivity contribution in [3.8, 4) is 0 Å². The summed E-state index contributed by atoms with van der Waals surface area (Å²) in [6.45, 7) is 3.74. The van der Waals surface area contributed by atoms with Gasteiger partial charge >= 0.3 is 0 Å². The lowest BCUT2D eigenvalue weighted by Crippen LogP contribution is -2.43. The molecule has 3 heterocycles. The number of nitrogens with zero attached hydrogens (tertiary/aromatic N) is 2. The van der Waals surface area contributed by atoms with E-state index in [1.165, 1.54) is 32.7 Å². The van der Waals surface area contributed by atoms with E-state index in [1.807, 2.05) is 17.8 Å². The summed E-state index contributed by atoms with van der Waals surface area (Å²) in [4.78, 5) is 5.68. The fraction of sp³-hybridized carbons (Fsp3) is 0.407. The van der Waals surface area contributed by atoms with Crippen LogP contribution >= 0.6 is 23.1 Å². The Hall–Kier alpha value is -1.64. The third-order valence-electron chi connectivity index (χ3n) is 7.44. The molecule has 34 heavy (non-hydrogen) atoms. The molecule has 2 aliphatic heterocycles. The molecule has 1 atom stereocenters. The zero-order valence-electron chi connectivity index (χ0n) is 19.6. The van der Waals surface area contributed by atoms with Crippen molar-refractivity contribution in [1.29, 1.82) is 0 Å². The van der Waals surface area contributed by atoms with Crippen molar-refractivity contribution in [2.24, 2.45) is 0 Å². The second kappa shape index (κ2) is 10.2. The van der Waals surface area contributed by atoms with Gasteiger partial charge in [-0.15, -0.1) is 23.1 Å². The van der Waals surface area contributed by atoms with E-state index < -0.39 is 10.0 Å². The van der Waals surface area contributed by atoms with E-state index in [1.54, 1.807) is 48.2 Å². The van der Waals surface area contributed by atoms with Crippen LogP contribution in [-0.4, -0.2) is 56.6 Å². The van der Waals surface area contributed by atoms with Gasteiger partial charge in [0.15, 0.2) is 0 Å². The minimum Gasteiger partial charge on any atom is -0.303 e. The molecule has 1 unspecified atom stereocenters. The van der Waals surface area contributed by atoms with Crippen LogP contribution in [0.15, 0.2) is 81.9 Å². The lowest BCUT2D eigenvalue weighted by atomic mass is 9.74. The maximum absolute atomic E-state index is 13.1. The van der Waals surface area contributed by atoms with Gasteiger partial charge in [0.2, 0.25) is 10.0 Å². The predicted molar refractivity (Wildman–Crippen MR) is 142 cm³/mol. The van der Waals surface area contributed by atoms with Gasteiger partial charge in [-0.3, -0.25) is 0 Å². The van der Waals surface area contributed by atoms with Crippen molar-refractivity contribution in [3.05, 3.63) is 82.6 Å². The molecule has 4 nitrogen and oxygen atoms in total. The molecule has 2 aliphatic rings. The fourth-order valence-corrected chi connectivity index (χ4v) is 8.89. The molecule has 3 aromatic rings. The Morgan fingerprint density at radius 3 is 2.47 bits per heavy atom. The van der Waals surface area contributed by atoms with Gasteiger partial charge in [0, 0.05) is 40.5 Å². The first-order valence-corrected chi connectivity index (χ1v) is 15.3. The number of likely N-dealkylation sites (N-methyl/N-ethyl adjacent to an activating group) is 1. The average molecular weight is 513 g/mol. The monoisotopic (exact) mass is 512 g/mol. The third-order valence-corrected chi connectivity index (χ3v) is 11.7. The highest BCUT2D eigenvalue weighted by atomic mass is 32.2. The number of likely N-dealkylation sites (tertiary alicyclic amines) is 1. The van der Waals surface area contributed by atoms with E-state index >= 15 is 0 Å². The highest BCUT2D eigenvalue weighted by molar-refractivity contribution is 7.99. The summed E-state index contributed by atoms with van der Waals surface area (Å²) in [6, 6.07) is 21.9. The van der Waals surface area contributed by atoms with E-state index in [2.05, 4.69) is 46.7 Å². The lowest BCUT2D eigenvalue weighted by molar-refractivity contribution is 0.166. The Balaban J connectivity index is 1.22. The van der Waals surface area contributed by atoms with Gasteiger partial charge in [0.1, 0.15) is 0 Å². The molecule has 0 radical (unpaired) electrons. The van der Waals surface area contributed by atoms with Gasteiger partial charge in [-0.25, -0.2) is 12.7 Å². The predicted octanol–water partition coefficient (Wildman–Crippen LogP) is 5.68. The van der Waals surface area contributed by atoms with E-state index in [-0.39, 0.29) is 5.92 Å². The normalized spacial score (nSPS) is 18.9. The van der Waals surface area contributed by atoms with Gasteiger partial charge < -0.3 is 4.90 Å². The summed E-state index contributed by atoms with van der Waals surface area (Å²) < 4.78 is 27.7. The Kier molecular flexibility index (Phi) is 7.19. The summed E-state index contributed by atoms with van der Waals surface area (Å²) in [5, 5.41) is 2.09. The van der Waals surface area contributed by atoms with E-state index in [9.17, 15) is 8.42 Å². The molecule has 1 saturated heterocycles. The zero-order valence-corrected chi connectivity index (χ0v) is 22.0. The van der Waals surface area contributed by atoms with Crippen LogP contribution in [-0.2, 0) is 15.4 Å². The van der Waals surface area contributed by atoms with Gasteiger partial charge in [-0.2, -0.15) is 0 Å². The van der Waals surface area contributed by atoms with Crippen LogP contribution in [0.5, 0.6) is 0 Å². The zero-order chi connectivity index (χ0) is 23.6. The molecule has 180 valence electrons. The number of benzene rings is 2. The van der Waals surface area contributed by atoms with Crippen molar-refractivity contribution in [1.82, 2.24) is 9.21 Å². The van der Waals surface area contributed by atoms with Gasteiger partial charge in [-0.1, -0.05) is 42.5 Å². The molecule has 5 rings (SSSR count). The molecule has 1 spiro atoms. The Labute approximate surface area is 212 Å². The first-order valence-electron chi connectivity index (χ1n) is 12.0. The molecule has 0 aliphatic carbocycles. The molecular weight excluding hydrogens is 481 g/mol. The van der Waals surface area contributed by atoms with Crippen LogP contribution in [0.1, 0.15) is 35.6 Å². The van der Waals surface area contributed by atoms with E-state index in [4.69, 9.17) is 0 Å². The summed E-state index contributed by atoms with van der Waals surface area (Å²) in [5.41, 5.74) is 1.90. The topological polar surface area (TPSA) is 40.6 Å². The Morgan fingerprint density at radius 1 is 1.00 bits per heavy atom. The van der Waals surface area contributed by atoms with Crippen LogP contribution in [0.25, 0.3) is 0 Å². The molecule has 1 fully saturated rings. The number of rotatable bonds is 8. The molecule has 7 heteroatoms. The summed E-state index contributed by atoms with van der Waals surface area (Å²) >= 11 is 3.75. The first kappa shape index (κ1) is 24.1. The minimum atomic E-state index is -3.49. The first-order chi connectivity index (χ1) is 16.5. The van der Waals surface area contributed by atoms with Crippen LogP contribution < -0.4 is 0 Å². The van der Waals surface area contributed by atoms with E-state index in [0.717, 1.165) is 26.1 Å². The molecule has 2 aromatic carbocycles. The van der Waals surface area contributed by atoms with Crippen LogP contribution in [0.4, 0.5) is 0 Å². The average Bonchev–Trinajstić information content (AvgIpc) is 3.53. The smallest absolute Gasteiger partial charge is 0.242 e. The minimum absolute atomic E-state index is 0.196. The molecular formula is C27H32N2O2S3. The SMILES string of the molecule is CN(CC(CCN1CCC2(CC1)CSc1ccccc12)c1cccs1)S(=O)(=O)c1ccccc1. The number of thioether (sulfide) groups is 1. The molecule has 0 N–H and O–H groups in total. The maximum atomic E-state index is 13.1. The van der Waals surface area contributed by atoms with E-state index in [0.29, 0.717) is 16.9 Å². The van der Waals surface area contributed by atoms with Crippen molar-refractivity contribution in [2.45, 2.75) is 40.4 Å². The largest absolute Gasteiger partial charge is 0.303 e. The summed E-state index contributed by atoms with van der Waals surface area (Å²) in [7, 11) is -1.78. The molecule has 0 amide bonds. The molecule has 0 saturated carbocycles. The third kappa shape index (κ3) is 4.86. The van der Waals surface area contributed by atoms with Crippen molar-refractivity contribution in [2.75, 3.05) is 39.0 Å². The second-order valence-electron chi connectivity index (χ2n) is 9.51. The lowest BCUT2D eigenvalue weighted by Gasteiger charge is -2.40. The van der Waals surface area contributed by atoms with Gasteiger partial charge in [0.25, 0.3) is 0 Å². The summed E-state index contributed by atoms with van der Waals surface area (Å²) in [5.74, 6) is 1.40. The maximum Gasteiger partial charge on any atom is 0.242 e. The van der Waals surface area contributed by atoms with Crippen LogP contribution in [0.3, 0.4) is 0 Å². The van der Waals surface area contributed by atoms with Crippen molar-refractivity contribution >= 4 is 33.1 Å². The van der Waals surface area contributed by atoms with Crippen LogP contribution in [0, 0.1) is 0 Å². The number of fused-ring (bicyclic) bond motifs is 2. The number of hydrogen-bond acceptors (Lipinski definition) is 5. The van der Waals surface area contributed by atoms with Gasteiger partial charge in [-0.05, 0) is 74.1 Å². The number of sulfonamides is 1. The van der Waals surface area contributed by atoms with Crippen molar-refractivity contribution in [3.63, 3.8) is 0 Å². The highest BCUT2D eigenvalue weighted by Crippen LogP contribution is 2.49. The Morgan fingerprint density at radius 2 is 1.74 bits per heavy atom. The Bertz CT molecular complexity index is 1190. The standard InChI is InChI=1S/C27H32N2O2S3/c1-28(34(30,31)23-8-3-2-4-9-23)20-22(25-12-7-19-32-25)13-16-29-17-14-27(15-18-29)21-33-26-11-6-5-10-24(26)27/h2-12,19,22H,13-18,20-21H2,1H3. The number of piperidine rings is 1. The molecule has 0 bridgehead atoms. The van der Waals surface area contributed by atoms with Crippen LogP contribution in [0.2, 0.25) is 0 Å². The number of hydrogen-bond donors (Lipinski definition) is 0. The quantitative estimate of drug-likeness (QED) is 0.389. The van der Waals surface area contributed by atoms with Gasteiger partial charge in [0.05, 0.1) is 4.90 Å². The highest BCUT2D eigenvalue weighted by Gasteiger charge is 2.41. The fourth-order valence-electron chi connectivity index (χ4n) is 5.31.